The Hall–Kier alpha value is -4.80. The van der Waals surface area contributed by atoms with Gasteiger partial charge in [0.25, 0.3) is 11.8 Å². The zero-order valence-electron chi connectivity index (χ0n) is 20.5. The first-order valence-corrected chi connectivity index (χ1v) is 12.1. The third-order valence-electron chi connectivity index (χ3n) is 7.20. The minimum absolute atomic E-state index is 0.232. The zero-order valence-corrected chi connectivity index (χ0v) is 20.5. The summed E-state index contributed by atoms with van der Waals surface area (Å²) in [7, 11) is 0. The molecule has 2 aliphatic rings. The number of anilines is 2. The van der Waals surface area contributed by atoms with Crippen molar-refractivity contribution < 1.29 is 32.3 Å². The standard InChI is InChI=1S/C28H21F3N4O4/c1-27-23-21(20-4-2-3-5-22(20)33-23)14-15-34(27)26(38)35(25(27)37)18-10-6-16(7-11-18)24(36)32-17-8-12-19(13-9-17)39-28(29,30)31/h2-13,33H,14-15H2,1H3,(H,32,36)/t27-/m0/s1. The molecule has 1 aromatic heterocycles. The topological polar surface area (TPSA) is 94.7 Å². The van der Waals surface area contributed by atoms with Crippen molar-refractivity contribution in [2.75, 3.05) is 16.8 Å². The van der Waals surface area contributed by atoms with E-state index in [-0.39, 0.29) is 11.3 Å². The molecule has 39 heavy (non-hydrogen) atoms. The number of aromatic amines is 1. The van der Waals surface area contributed by atoms with E-state index in [1.54, 1.807) is 11.8 Å². The molecule has 8 nitrogen and oxygen atoms in total. The van der Waals surface area contributed by atoms with E-state index in [0.717, 1.165) is 33.5 Å². The van der Waals surface area contributed by atoms with Gasteiger partial charge in [0.05, 0.1) is 11.4 Å². The number of nitrogens with zero attached hydrogens (tertiary/aromatic N) is 2. The normalized spacial score (nSPS) is 18.8. The van der Waals surface area contributed by atoms with Crippen molar-refractivity contribution in [3.63, 3.8) is 0 Å². The number of carbonyl (C=O) groups is 3. The number of amides is 4. The Morgan fingerprint density at radius 3 is 2.38 bits per heavy atom. The van der Waals surface area contributed by atoms with E-state index in [1.165, 1.54) is 36.4 Å². The van der Waals surface area contributed by atoms with Crippen molar-refractivity contribution in [1.82, 2.24) is 9.88 Å². The molecule has 0 unspecified atom stereocenters. The van der Waals surface area contributed by atoms with E-state index in [4.69, 9.17) is 0 Å². The van der Waals surface area contributed by atoms with Crippen molar-refractivity contribution >= 4 is 40.1 Å². The molecule has 0 saturated carbocycles. The van der Waals surface area contributed by atoms with E-state index in [0.29, 0.717) is 24.3 Å². The van der Waals surface area contributed by atoms with Crippen molar-refractivity contribution in [3.8, 4) is 5.75 Å². The molecule has 1 atom stereocenters. The minimum Gasteiger partial charge on any atom is -0.406 e. The van der Waals surface area contributed by atoms with Crippen LogP contribution in [0.4, 0.5) is 29.3 Å². The summed E-state index contributed by atoms with van der Waals surface area (Å²) in [6, 6.07) is 18.1. The number of para-hydroxylation sites is 1. The van der Waals surface area contributed by atoms with Gasteiger partial charge in [0, 0.05) is 28.7 Å². The van der Waals surface area contributed by atoms with Crippen LogP contribution in [0.15, 0.2) is 72.8 Å². The number of alkyl halides is 3. The lowest BCUT2D eigenvalue weighted by Crippen LogP contribution is -2.49. The SMILES string of the molecule is C[C@]12C(=O)N(c3ccc(C(=O)Nc4ccc(OC(F)(F)F)cc4)cc3)C(=O)N1CCc1c2[nH]c2ccccc12. The fraction of sp³-hybridized carbons (Fsp3) is 0.179. The number of rotatable bonds is 4. The van der Waals surface area contributed by atoms with E-state index in [9.17, 15) is 27.6 Å². The van der Waals surface area contributed by atoms with Crippen LogP contribution >= 0.6 is 0 Å². The fourth-order valence-corrected chi connectivity index (χ4v) is 5.32. The number of nitrogens with one attached hydrogen (secondary N) is 2. The molecular formula is C28H21F3N4O4. The highest BCUT2D eigenvalue weighted by Crippen LogP contribution is 2.45. The molecule has 2 N–H and O–H groups in total. The van der Waals surface area contributed by atoms with Crippen LogP contribution in [0.1, 0.15) is 28.5 Å². The Labute approximate surface area is 220 Å². The summed E-state index contributed by atoms with van der Waals surface area (Å²) in [4.78, 5) is 45.9. The maximum atomic E-state index is 13.8. The van der Waals surface area contributed by atoms with Crippen LogP contribution in [0.25, 0.3) is 10.9 Å². The van der Waals surface area contributed by atoms with Crippen molar-refractivity contribution in [3.05, 3.63) is 89.6 Å². The minimum atomic E-state index is -4.81. The third-order valence-corrected chi connectivity index (χ3v) is 7.20. The summed E-state index contributed by atoms with van der Waals surface area (Å²) in [6.07, 6.45) is -4.20. The number of H-pyrrole nitrogens is 1. The van der Waals surface area contributed by atoms with Gasteiger partial charge in [-0.1, -0.05) is 18.2 Å². The number of hydrogen-bond donors (Lipinski definition) is 2. The molecule has 0 radical (unpaired) electrons. The molecule has 1 fully saturated rings. The predicted octanol–water partition coefficient (Wildman–Crippen LogP) is 5.56. The van der Waals surface area contributed by atoms with Crippen molar-refractivity contribution in [2.24, 2.45) is 0 Å². The summed E-state index contributed by atoms with van der Waals surface area (Å²) in [5, 5.41) is 3.62. The van der Waals surface area contributed by atoms with Crippen molar-refractivity contribution in [1.29, 1.82) is 0 Å². The lowest BCUT2D eigenvalue weighted by atomic mass is 9.87. The molecule has 3 aromatic carbocycles. The predicted molar refractivity (Wildman–Crippen MR) is 136 cm³/mol. The van der Waals surface area contributed by atoms with Gasteiger partial charge in [-0.3, -0.25) is 9.59 Å². The van der Waals surface area contributed by atoms with Gasteiger partial charge in [0.15, 0.2) is 5.54 Å². The number of halogens is 3. The highest BCUT2D eigenvalue weighted by atomic mass is 19.4. The van der Waals surface area contributed by atoms with Crippen LogP contribution < -0.4 is 15.0 Å². The number of hydrogen-bond acceptors (Lipinski definition) is 4. The molecular weight excluding hydrogens is 513 g/mol. The van der Waals surface area contributed by atoms with E-state index < -0.39 is 35.5 Å². The fourth-order valence-electron chi connectivity index (χ4n) is 5.32. The summed E-state index contributed by atoms with van der Waals surface area (Å²) >= 11 is 0. The first-order chi connectivity index (χ1) is 18.6. The highest BCUT2D eigenvalue weighted by Gasteiger charge is 2.59. The zero-order chi connectivity index (χ0) is 27.5. The number of urea groups is 1. The molecule has 198 valence electrons. The smallest absolute Gasteiger partial charge is 0.406 e. The van der Waals surface area contributed by atoms with Crippen LogP contribution in [-0.2, 0) is 16.8 Å². The summed E-state index contributed by atoms with van der Waals surface area (Å²) in [5.74, 6) is -1.31. The van der Waals surface area contributed by atoms with Gasteiger partial charge in [-0.2, -0.15) is 0 Å². The second-order valence-electron chi connectivity index (χ2n) is 9.49. The molecule has 11 heteroatoms. The summed E-state index contributed by atoms with van der Waals surface area (Å²) in [6.45, 7) is 2.13. The average Bonchev–Trinajstić information content (AvgIpc) is 3.38. The molecule has 2 aliphatic heterocycles. The number of benzene rings is 3. The van der Waals surface area contributed by atoms with E-state index in [2.05, 4.69) is 15.0 Å². The second-order valence-corrected chi connectivity index (χ2v) is 9.49. The number of imide groups is 1. The first kappa shape index (κ1) is 24.5. The molecule has 0 spiro atoms. The number of aromatic nitrogens is 1. The van der Waals surface area contributed by atoms with Gasteiger partial charge in [-0.15, -0.1) is 13.2 Å². The lowest BCUT2D eigenvalue weighted by Gasteiger charge is -2.35. The Morgan fingerprint density at radius 2 is 1.69 bits per heavy atom. The number of carbonyl (C=O) groups excluding carboxylic acids is 3. The largest absolute Gasteiger partial charge is 0.573 e. The Bertz CT molecular complexity index is 1630. The van der Waals surface area contributed by atoms with Crippen LogP contribution in [0, 0.1) is 0 Å². The highest BCUT2D eigenvalue weighted by molar-refractivity contribution is 6.23. The molecule has 4 amide bonds. The van der Waals surface area contributed by atoms with Gasteiger partial charge in [0.1, 0.15) is 5.75 Å². The van der Waals surface area contributed by atoms with E-state index >= 15 is 0 Å². The average molecular weight is 534 g/mol. The van der Waals surface area contributed by atoms with Crippen molar-refractivity contribution in [2.45, 2.75) is 25.2 Å². The lowest BCUT2D eigenvalue weighted by molar-refractivity contribution is -0.274. The van der Waals surface area contributed by atoms with Gasteiger partial charge < -0.3 is 19.9 Å². The molecule has 4 aromatic rings. The molecule has 0 aliphatic carbocycles. The van der Waals surface area contributed by atoms with E-state index in [1.807, 2.05) is 24.3 Å². The number of ether oxygens (including phenoxy) is 1. The van der Waals surface area contributed by atoms with Crippen LogP contribution in [0.2, 0.25) is 0 Å². The third kappa shape index (κ3) is 3.97. The first-order valence-electron chi connectivity index (χ1n) is 12.1. The molecule has 1 saturated heterocycles. The second kappa shape index (κ2) is 8.62. The molecule has 3 heterocycles. The maximum Gasteiger partial charge on any atom is 0.573 e. The molecule has 6 rings (SSSR count). The number of fused-ring (bicyclic) bond motifs is 5. The Kier molecular flexibility index (Phi) is 5.42. The molecule has 0 bridgehead atoms. The van der Waals surface area contributed by atoms with Gasteiger partial charge >= 0.3 is 12.4 Å². The maximum absolute atomic E-state index is 13.8. The quantitative estimate of drug-likeness (QED) is 0.335. The Morgan fingerprint density at radius 1 is 1.00 bits per heavy atom. The van der Waals surface area contributed by atoms with Gasteiger partial charge in [0.2, 0.25) is 0 Å². The summed E-state index contributed by atoms with van der Waals surface area (Å²) < 4.78 is 40.9. The van der Waals surface area contributed by atoms with Crippen LogP contribution in [0.5, 0.6) is 5.75 Å². The van der Waals surface area contributed by atoms with Crippen LogP contribution in [0.3, 0.4) is 0 Å². The summed E-state index contributed by atoms with van der Waals surface area (Å²) in [5.41, 5.74) is 2.26. The van der Waals surface area contributed by atoms with Gasteiger partial charge in [-0.25, -0.2) is 9.69 Å². The Balaban J connectivity index is 1.22. The monoisotopic (exact) mass is 534 g/mol. The van der Waals surface area contributed by atoms with Gasteiger partial charge in [-0.05, 0) is 73.5 Å². The van der Waals surface area contributed by atoms with Crippen LogP contribution in [-0.4, -0.2) is 40.6 Å².